The molecular weight excluding hydrogens is 408 g/mol. The molecule has 2 aromatic rings. The maximum atomic E-state index is 8.75. The number of likely N-dealkylation sites (tertiary alicyclic amines) is 1. The predicted octanol–water partition coefficient (Wildman–Crippen LogP) is 5.94. The molecule has 2 heterocycles. The van der Waals surface area contributed by atoms with E-state index < -0.39 is 0 Å². The van der Waals surface area contributed by atoms with Gasteiger partial charge in [-0.25, -0.2) is 0 Å². The fourth-order valence-electron chi connectivity index (χ4n) is 4.57. The first-order chi connectivity index (χ1) is 14.8. The monoisotopic (exact) mass is 450 g/mol. The van der Waals surface area contributed by atoms with Gasteiger partial charge in [0.2, 0.25) is 5.62 Å². The minimum absolute atomic E-state index is 0. The fourth-order valence-corrected chi connectivity index (χ4v) is 4.57. The highest BCUT2D eigenvalue weighted by Crippen LogP contribution is 2.14. The van der Waals surface area contributed by atoms with Crippen LogP contribution in [-0.4, -0.2) is 40.3 Å². The Morgan fingerprint density at radius 2 is 1.42 bits per heavy atom. The van der Waals surface area contributed by atoms with E-state index >= 15 is 0 Å². The Morgan fingerprint density at radius 1 is 0.806 bits per heavy atom. The normalized spacial score (nSPS) is 14.7. The van der Waals surface area contributed by atoms with Crippen LogP contribution in [0.2, 0.25) is 0 Å². The zero-order chi connectivity index (χ0) is 21.0. The molecule has 0 saturated carbocycles. The maximum absolute atomic E-state index is 8.75. The van der Waals surface area contributed by atoms with Gasteiger partial charge >= 0.3 is 0 Å². The molecule has 0 aliphatic carbocycles. The average Bonchev–Trinajstić information content (AvgIpc) is 3.05. The first kappa shape index (κ1) is 26.0. The minimum Gasteiger partial charge on any atom is -0.361 e. The van der Waals surface area contributed by atoms with Crippen LogP contribution in [-0.2, 0) is 18.0 Å². The number of para-hydroxylation sites is 2. The largest absolute Gasteiger partial charge is 0.361 e. The highest BCUT2D eigenvalue weighted by molar-refractivity contribution is 5.85. The van der Waals surface area contributed by atoms with E-state index in [0.29, 0.717) is 12.3 Å². The van der Waals surface area contributed by atoms with E-state index in [2.05, 4.69) is 40.7 Å². The minimum atomic E-state index is 0. The van der Waals surface area contributed by atoms with Crippen molar-refractivity contribution in [3.8, 4) is 0 Å². The number of fused-ring (bicyclic) bond motifs is 1. The van der Waals surface area contributed by atoms with Gasteiger partial charge in [-0.2, -0.15) is 0 Å². The van der Waals surface area contributed by atoms with Crippen molar-refractivity contribution in [3.63, 3.8) is 0 Å². The second-order valence-corrected chi connectivity index (χ2v) is 8.81. The number of unbranched alkanes of at least 4 members (excludes halogenated alkanes) is 7. The Bertz CT molecular complexity index is 794. The molecule has 1 aromatic carbocycles. The molecular formula is C25H43ClN4O. The molecule has 1 aliphatic rings. The molecule has 1 saturated heterocycles. The summed E-state index contributed by atoms with van der Waals surface area (Å²) in [5.74, 6) is 0. The second-order valence-electron chi connectivity index (χ2n) is 8.81. The van der Waals surface area contributed by atoms with Gasteiger partial charge in [-0.05, 0) is 44.5 Å². The molecule has 0 atom stereocenters. The molecule has 0 bridgehead atoms. The fraction of sp³-hybridized carbons (Fsp3) is 0.720. The van der Waals surface area contributed by atoms with Gasteiger partial charge in [0.15, 0.2) is 0 Å². The zero-order valence-electron chi connectivity index (χ0n) is 19.5. The highest BCUT2D eigenvalue weighted by Gasteiger charge is 2.13. The van der Waals surface area contributed by atoms with E-state index in [4.69, 9.17) is 10.1 Å². The topological polar surface area (TPSA) is 46.2 Å². The van der Waals surface area contributed by atoms with E-state index in [9.17, 15) is 0 Å². The van der Waals surface area contributed by atoms with E-state index in [-0.39, 0.29) is 12.4 Å². The standard InChI is InChI=1S/C25H42N4O.ClH/c1-2-3-4-5-6-7-8-14-21-30-22-29-24-16-11-10-15-23(24)28(25(29)26)20-19-27-17-12-9-13-18-27;/h10-11,15-16,26H,2-9,12-14,17-22H2,1H3;1H. The summed E-state index contributed by atoms with van der Waals surface area (Å²) < 4.78 is 10.2. The summed E-state index contributed by atoms with van der Waals surface area (Å²) in [4.78, 5) is 2.54. The Balaban J connectivity index is 0.00000341. The molecule has 0 spiro atoms. The zero-order valence-corrected chi connectivity index (χ0v) is 20.3. The van der Waals surface area contributed by atoms with E-state index in [0.717, 1.165) is 37.2 Å². The molecule has 5 nitrogen and oxygen atoms in total. The van der Waals surface area contributed by atoms with Crippen LogP contribution in [0.3, 0.4) is 0 Å². The number of aromatic nitrogens is 2. The van der Waals surface area contributed by atoms with Crippen LogP contribution in [0, 0.1) is 5.41 Å². The van der Waals surface area contributed by atoms with Crippen molar-refractivity contribution in [3.05, 3.63) is 29.9 Å². The molecule has 3 rings (SSSR count). The molecule has 176 valence electrons. The quantitative estimate of drug-likeness (QED) is 0.362. The van der Waals surface area contributed by atoms with Gasteiger partial charge in [0.25, 0.3) is 0 Å². The lowest BCUT2D eigenvalue weighted by atomic mass is 10.1. The number of imidazole rings is 1. The summed E-state index contributed by atoms with van der Waals surface area (Å²) in [5.41, 5.74) is 2.82. The first-order valence-electron chi connectivity index (χ1n) is 12.3. The Hall–Kier alpha value is -1.30. The number of rotatable bonds is 14. The Morgan fingerprint density at radius 3 is 2.10 bits per heavy atom. The molecule has 31 heavy (non-hydrogen) atoms. The predicted molar refractivity (Wildman–Crippen MR) is 132 cm³/mol. The molecule has 1 aromatic heterocycles. The Kier molecular flexibility index (Phi) is 12.3. The van der Waals surface area contributed by atoms with E-state index in [1.807, 2.05) is 4.57 Å². The summed E-state index contributed by atoms with van der Waals surface area (Å²) in [7, 11) is 0. The third-order valence-electron chi connectivity index (χ3n) is 6.43. The van der Waals surface area contributed by atoms with Gasteiger partial charge in [0.1, 0.15) is 6.73 Å². The summed E-state index contributed by atoms with van der Waals surface area (Å²) in [5, 5.41) is 8.75. The number of benzene rings is 1. The Labute approximate surface area is 194 Å². The number of halogens is 1. The molecule has 0 amide bonds. The van der Waals surface area contributed by atoms with Crippen molar-refractivity contribution in [2.24, 2.45) is 0 Å². The summed E-state index contributed by atoms with van der Waals surface area (Å²) >= 11 is 0. The van der Waals surface area contributed by atoms with Gasteiger partial charge in [-0.3, -0.25) is 9.98 Å². The number of hydrogen-bond donors (Lipinski definition) is 1. The average molecular weight is 451 g/mol. The number of ether oxygens (including phenoxy) is 1. The number of piperidine rings is 1. The lowest BCUT2D eigenvalue weighted by molar-refractivity contribution is 0.0728. The van der Waals surface area contributed by atoms with Crippen molar-refractivity contribution >= 4 is 23.4 Å². The lowest BCUT2D eigenvalue weighted by Crippen LogP contribution is -2.35. The SMILES string of the molecule is CCCCCCCCCCOCn1c(=N)n(CCN2CCCCC2)c2ccccc21.Cl. The number of nitrogens with zero attached hydrogens (tertiary/aromatic N) is 3. The first-order valence-corrected chi connectivity index (χ1v) is 12.3. The van der Waals surface area contributed by atoms with E-state index in [1.165, 1.54) is 77.3 Å². The van der Waals surface area contributed by atoms with Crippen molar-refractivity contribution in [1.82, 2.24) is 14.0 Å². The molecule has 1 N–H and O–H groups in total. The van der Waals surface area contributed by atoms with Crippen LogP contribution in [0.25, 0.3) is 11.0 Å². The van der Waals surface area contributed by atoms with Gasteiger partial charge in [0, 0.05) is 19.7 Å². The summed E-state index contributed by atoms with van der Waals surface area (Å²) in [6, 6.07) is 8.39. The second kappa shape index (κ2) is 14.7. The van der Waals surface area contributed by atoms with Crippen LogP contribution in [0.1, 0.15) is 77.6 Å². The van der Waals surface area contributed by atoms with Gasteiger partial charge in [-0.15, -0.1) is 12.4 Å². The van der Waals surface area contributed by atoms with Crippen LogP contribution >= 0.6 is 12.4 Å². The van der Waals surface area contributed by atoms with Crippen molar-refractivity contribution in [2.75, 3.05) is 26.2 Å². The highest BCUT2D eigenvalue weighted by atomic mass is 35.5. The van der Waals surface area contributed by atoms with Crippen molar-refractivity contribution in [2.45, 2.75) is 90.8 Å². The smallest absolute Gasteiger partial charge is 0.204 e. The summed E-state index contributed by atoms with van der Waals surface area (Å²) in [6.45, 7) is 7.85. The van der Waals surface area contributed by atoms with Crippen LogP contribution in [0.15, 0.2) is 24.3 Å². The third kappa shape index (κ3) is 7.96. The molecule has 1 fully saturated rings. The van der Waals surface area contributed by atoms with Crippen molar-refractivity contribution < 1.29 is 4.74 Å². The van der Waals surface area contributed by atoms with Gasteiger partial charge in [-0.1, -0.05) is 70.4 Å². The summed E-state index contributed by atoms with van der Waals surface area (Å²) in [6.07, 6.45) is 14.5. The number of nitrogens with one attached hydrogen (secondary N) is 1. The molecule has 0 radical (unpaired) electrons. The maximum Gasteiger partial charge on any atom is 0.204 e. The van der Waals surface area contributed by atoms with Crippen LogP contribution in [0.4, 0.5) is 0 Å². The lowest BCUT2D eigenvalue weighted by Gasteiger charge is -2.26. The van der Waals surface area contributed by atoms with Gasteiger partial charge in [0.05, 0.1) is 11.0 Å². The van der Waals surface area contributed by atoms with Gasteiger partial charge < -0.3 is 14.2 Å². The van der Waals surface area contributed by atoms with E-state index in [1.54, 1.807) is 0 Å². The molecule has 1 aliphatic heterocycles. The van der Waals surface area contributed by atoms with Crippen LogP contribution in [0.5, 0.6) is 0 Å². The van der Waals surface area contributed by atoms with Crippen molar-refractivity contribution in [1.29, 1.82) is 5.41 Å². The third-order valence-corrected chi connectivity index (χ3v) is 6.43. The number of hydrogen-bond acceptors (Lipinski definition) is 3. The molecule has 6 heteroatoms. The molecule has 0 unspecified atom stereocenters. The van der Waals surface area contributed by atoms with Crippen LogP contribution < -0.4 is 5.62 Å².